The summed E-state index contributed by atoms with van der Waals surface area (Å²) in [6, 6.07) is 0.375. The van der Waals surface area contributed by atoms with Gasteiger partial charge in [-0.2, -0.15) is 0 Å². The van der Waals surface area contributed by atoms with Crippen LogP contribution in [0.5, 0.6) is 0 Å². The Kier molecular flexibility index (Phi) is 3.85. The van der Waals surface area contributed by atoms with Gasteiger partial charge in [-0.3, -0.25) is 4.79 Å². The van der Waals surface area contributed by atoms with E-state index in [1.54, 1.807) is 0 Å². The zero-order valence-corrected chi connectivity index (χ0v) is 10.3. The summed E-state index contributed by atoms with van der Waals surface area (Å²) in [4.78, 5) is 11.0. The fraction of sp³-hybridized carbons (Fsp3) is 0.923. The van der Waals surface area contributed by atoms with Crippen LogP contribution < -0.4 is 10.6 Å². The molecular weight excluding hydrogens is 200 g/mol. The van der Waals surface area contributed by atoms with Crippen LogP contribution in [0.2, 0.25) is 0 Å². The van der Waals surface area contributed by atoms with E-state index in [0.717, 1.165) is 19.5 Å². The fourth-order valence-corrected chi connectivity index (χ4v) is 2.96. The molecule has 1 unspecified atom stereocenters. The van der Waals surface area contributed by atoms with Gasteiger partial charge in [0.05, 0.1) is 0 Å². The van der Waals surface area contributed by atoms with Gasteiger partial charge in [-0.15, -0.1) is 0 Å². The van der Waals surface area contributed by atoms with Crippen LogP contribution in [0.1, 0.15) is 51.9 Å². The van der Waals surface area contributed by atoms with Crippen LogP contribution in [0.3, 0.4) is 0 Å². The van der Waals surface area contributed by atoms with E-state index in [2.05, 4.69) is 17.6 Å². The molecule has 2 rings (SSSR count). The summed E-state index contributed by atoms with van der Waals surface area (Å²) in [5, 5.41) is 6.55. The highest BCUT2D eigenvalue weighted by Crippen LogP contribution is 2.34. The van der Waals surface area contributed by atoms with Gasteiger partial charge in [-0.05, 0) is 24.7 Å². The van der Waals surface area contributed by atoms with Gasteiger partial charge in [0.15, 0.2) is 0 Å². The minimum absolute atomic E-state index is 0.218. The van der Waals surface area contributed by atoms with E-state index < -0.39 is 0 Å². The molecule has 0 bridgehead atoms. The summed E-state index contributed by atoms with van der Waals surface area (Å²) in [7, 11) is 0. The first-order valence-electron chi connectivity index (χ1n) is 6.68. The molecular formula is C13H24N2O. The number of amides is 1. The molecule has 1 saturated heterocycles. The average molecular weight is 224 g/mol. The third kappa shape index (κ3) is 3.21. The molecule has 16 heavy (non-hydrogen) atoms. The Hall–Kier alpha value is -0.570. The van der Waals surface area contributed by atoms with Crippen molar-refractivity contribution in [1.29, 1.82) is 0 Å². The van der Waals surface area contributed by atoms with E-state index in [9.17, 15) is 4.79 Å². The summed E-state index contributed by atoms with van der Waals surface area (Å²) in [6.45, 7) is 4.45. The Bertz CT molecular complexity index is 246. The molecule has 0 spiro atoms. The van der Waals surface area contributed by atoms with Crippen LogP contribution in [-0.2, 0) is 4.79 Å². The number of carbonyl (C=O) groups is 1. The molecule has 0 aromatic carbocycles. The molecule has 1 amide bonds. The summed E-state index contributed by atoms with van der Waals surface area (Å²) in [6.07, 6.45) is 8.62. The Morgan fingerprint density at radius 2 is 2.12 bits per heavy atom. The van der Waals surface area contributed by atoms with Crippen molar-refractivity contribution in [2.75, 3.05) is 13.1 Å². The van der Waals surface area contributed by atoms with E-state index >= 15 is 0 Å². The van der Waals surface area contributed by atoms with Gasteiger partial charge in [0.1, 0.15) is 0 Å². The second kappa shape index (κ2) is 5.17. The predicted molar refractivity (Wildman–Crippen MR) is 65.2 cm³/mol. The molecule has 92 valence electrons. The molecule has 0 aromatic heterocycles. The molecule has 3 heteroatoms. The van der Waals surface area contributed by atoms with E-state index in [1.165, 1.54) is 32.1 Å². The number of carbonyl (C=O) groups excluding carboxylic acids is 1. The summed E-state index contributed by atoms with van der Waals surface area (Å²) in [5.74, 6) is 0.218. The van der Waals surface area contributed by atoms with Gasteiger partial charge in [-0.1, -0.05) is 26.2 Å². The highest BCUT2D eigenvalue weighted by Gasteiger charge is 2.27. The normalized spacial score (nSPS) is 29.1. The molecule has 2 fully saturated rings. The van der Waals surface area contributed by atoms with Crippen LogP contribution in [0.4, 0.5) is 0 Å². The second-order valence-electron chi connectivity index (χ2n) is 5.81. The molecule has 2 N–H and O–H groups in total. The molecule has 1 saturated carbocycles. The van der Waals surface area contributed by atoms with Crippen molar-refractivity contribution in [3.8, 4) is 0 Å². The fourth-order valence-electron chi connectivity index (χ4n) is 2.96. The number of rotatable bonds is 4. The first-order chi connectivity index (χ1) is 7.68. The maximum absolute atomic E-state index is 11.0. The van der Waals surface area contributed by atoms with Crippen molar-refractivity contribution in [3.05, 3.63) is 0 Å². The Labute approximate surface area is 98.4 Å². The average Bonchev–Trinajstić information content (AvgIpc) is 2.65. The molecule has 1 aliphatic heterocycles. The Balaban J connectivity index is 1.65. The Morgan fingerprint density at radius 1 is 1.38 bits per heavy atom. The van der Waals surface area contributed by atoms with Crippen LogP contribution >= 0.6 is 0 Å². The van der Waals surface area contributed by atoms with Gasteiger partial charge in [0, 0.05) is 25.6 Å². The minimum atomic E-state index is 0.218. The molecule has 1 atom stereocenters. The van der Waals surface area contributed by atoms with Crippen molar-refractivity contribution in [1.82, 2.24) is 10.6 Å². The molecule has 1 aliphatic carbocycles. The number of hydrogen-bond donors (Lipinski definition) is 2. The zero-order chi connectivity index (χ0) is 11.4. The molecule has 0 radical (unpaired) electrons. The molecule has 0 aromatic rings. The van der Waals surface area contributed by atoms with Crippen molar-refractivity contribution in [2.45, 2.75) is 57.9 Å². The first-order valence-corrected chi connectivity index (χ1v) is 6.68. The van der Waals surface area contributed by atoms with E-state index in [-0.39, 0.29) is 5.91 Å². The van der Waals surface area contributed by atoms with Crippen LogP contribution in [0.25, 0.3) is 0 Å². The molecule has 1 heterocycles. The van der Waals surface area contributed by atoms with E-state index in [4.69, 9.17) is 0 Å². The zero-order valence-electron chi connectivity index (χ0n) is 10.3. The van der Waals surface area contributed by atoms with Crippen molar-refractivity contribution in [3.63, 3.8) is 0 Å². The minimum Gasteiger partial charge on any atom is -0.352 e. The largest absolute Gasteiger partial charge is 0.352 e. The monoisotopic (exact) mass is 224 g/mol. The number of nitrogens with one attached hydrogen (secondary N) is 2. The van der Waals surface area contributed by atoms with E-state index in [0.29, 0.717) is 17.9 Å². The molecule has 3 nitrogen and oxygen atoms in total. The first kappa shape index (κ1) is 11.9. The maximum atomic E-state index is 11.0. The quantitative estimate of drug-likeness (QED) is 0.765. The predicted octanol–water partition coefficient (Wildman–Crippen LogP) is 1.82. The lowest BCUT2D eigenvalue weighted by Gasteiger charge is -2.34. The standard InChI is InChI=1S/C13H24N2O/c1-13(7-3-2-4-8-13)10-14-9-11-5-6-12(16)15-11/h11,14H,2-10H2,1H3,(H,15,16). The van der Waals surface area contributed by atoms with Crippen molar-refractivity contribution in [2.24, 2.45) is 5.41 Å². The summed E-state index contributed by atoms with van der Waals surface area (Å²) < 4.78 is 0. The smallest absolute Gasteiger partial charge is 0.220 e. The SMILES string of the molecule is CC1(CNCC2CCC(=O)N2)CCCCC1. The lowest BCUT2D eigenvalue weighted by Crippen LogP contribution is -2.40. The van der Waals surface area contributed by atoms with Gasteiger partial charge in [0.25, 0.3) is 0 Å². The topological polar surface area (TPSA) is 41.1 Å². The number of hydrogen-bond acceptors (Lipinski definition) is 2. The second-order valence-corrected chi connectivity index (χ2v) is 5.81. The van der Waals surface area contributed by atoms with Gasteiger partial charge in [0.2, 0.25) is 5.91 Å². The van der Waals surface area contributed by atoms with Crippen LogP contribution in [0, 0.1) is 5.41 Å². The highest BCUT2D eigenvalue weighted by molar-refractivity contribution is 5.78. The highest BCUT2D eigenvalue weighted by atomic mass is 16.1. The molecule has 2 aliphatic rings. The maximum Gasteiger partial charge on any atom is 0.220 e. The van der Waals surface area contributed by atoms with Crippen molar-refractivity contribution < 1.29 is 4.79 Å². The van der Waals surface area contributed by atoms with Crippen LogP contribution in [-0.4, -0.2) is 25.0 Å². The van der Waals surface area contributed by atoms with Gasteiger partial charge in [-0.25, -0.2) is 0 Å². The van der Waals surface area contributed by atoms with Gasteiger partial charge < -0.3 is 10.6 Å². The lowest BCUT2D eigenvalue weighted by molar-refractivity contribution is -0.119. The third-order valence-electron chi connectivity index (χ3n) is 4.09. The Morgan fingerprint density at radius 3 is 2.75 bits per heavy atom. The lowest BCUT2D eigenvalue weighted by atomic mass is 9.76. The summed E-state index contributed by atoms with van der Waals surface area (Å²) in [5.41, 5.74) is 0.501. The third-order valence-corrected chi connectivity index (χ3v) is 4.09. The van der Waals surface area contributed by atoms with E-state index in [1.807, 2.05) is 0 Å². The van der Waals surface area contributed by atoms with Crippen LogP contribution in [0.15, 0.2) is 0 Å². The summed E-state index contributed by atoms with van der Waals surface area (Å²) >= 11 is 0. The van der Waals surface area contributed by atoms with Gasteiger partial charge >= 0.3 is 0 Å². The van der Waals surface area contributed by atoms with Crippen molar-refractivity contribution >= 4 is 5.91 Å².